The van der Waals surface area contributed by atoms with E-state index >= 15 is 0 Å². The molecule has 0 fully saturated rings. The minimum absolute atomic E-state index is 0.0590. The second-order valence-corrected chi connectivity index (χ2v) is 20.4. The van der Waals surface area contributed by atoms with Gasteiger partial charge < -0.3 is 24.6 Å². The number of aliphatic hydroxyl groups excluding tert-OH is 2. The van der Waals surface area contributed by atoms with Gasteiger partial charge in [-0.25, -0.2) is 4.57 Å². The first-order valence-electron chi connectivity index (χ1n) is 27.5. The minimum atomic E-state index is -4.52. The van der Waals surface area contributed by atoms with Crippen LogP contribution in [-0.4, -0.2) is 66.3 Å². The van der Waals surface area contributed by atoms with E-state index in [2.05, 4.69) is 13.8 Å². The number of phosphoric acid groups is 1. The van der Waals surface area contributed by atoms with Crippen LogP contribution in [0.15, 0.2) is 0 Å². The summed E-state index contributed by atoms with van der Waals surface area (Å²) in [6.45, 7) is 3.62. The van der Waals surface area contributed by atoms with Gasteiger partial charge in [-0.3, -0.25) is 13.8 Å². The van der Waals surface area contributed by atoms with Crippen molar-refractivity contribution >= 4 is 13.8 Å². The highest BCUT2D eigenvalue weighted by Gasteiger charge is 2.26. The average Bonchev–Trinajstić information content (AvgIpc) is 3.28. The highest BCUT2D eigenvalue weighted by Crippen LogP contribution is 2.43. The maximum Gasteiger partial charge on any atom is 0.472 e. The van der Waals surface area contributed by atoms with E-state index in [0.29, 0.717) is 6.61 Å². The number of carbonyl (C=O) groups is 1. The van der Waals surface area contributed by atoms with Crippen molar-refractivity contribution in [1.29, 1.82) is 0 Å². The molecule has 0 aromatic carbocycles. The maximum absolute atomic E-state index is 12.7. The predicted molar refractivity (Wildman–Crippen MR) is 265 cm³/mol. The number of ether oxygens (including phenoxy) is 2. The topological polar surface area (TPSA) is 132 Å². The van der Waals surface area contributed by atoms with Crippen LogP contribution in [0.5, 0.6) is 0 Å². The van der Waals surface area contributed by atoms with Crippen molar-refractivity contribution in [3.8, 4) is 0 Å². The van der Waals surface area contributed by atoms with Gasteiger partial charge in [0.1, 0.15) is 12.2 Å². The molecule has 0 spiro atoms. The van der Waals surface area contributed by atoms with Gasteiger partial charge in [0.05, 0.1) is 26.4 Å². The summed E-state index contributed by atoms with van der Waals surface area (Å²) >= 11 is 0. The predicted octanol–water partition coefficient (Wildman–Crippen LogP) is 16.2. The molecule has 10 heteroatoms. The van der Waals surface area contributed by atoms with Crippen molar-refractivity contribution in [3.05, 3.63) is 0 Å². The zero-order valence-electron chi connectivity index (χ0n) is 41.8. The Morgan fingerprint density at radius 2 is 0.714 bits per heavy atom. The van der Waals surface area contributed by atoms with Crippen molar-refractivity contribution in [2.24, 2.45) is 0 Å². The van der Waals surface area contributed by atoms with Gasteiger partial charge in [0.15, 0.2) is 0 Å². The second-order valence-electron chi connectivity index (χ2n) is 19.0. The summed E-state index contributed by atoms with van der Waals surface area (Å²) < 4.78 is 33.6. The van der Waals surface area contributed by atoms with Crippen LogP contribution in [0.4, 0.5) is 0 Å². The van der Waals surface area contributed by atoms with Crippen LogP contribution in [-0.2, 0) is 27.9 Å². The Bertz CT molecular complexity index is 953. The summed E-state index contributed by atoms with van der Waals surface area (Å²) in [7, 11) is -4.52. The number of esters is 1. The summed E-state index contributed by atoms with van der Waals surface area (Å²) in [5, 5.41) is 18.4. The van der Waals surface area contributed by atoms with Crippen LogP contribution in [0, 0.1) is 0 Å². The highest BCUT2D eigenvalue weighted by molar-refractivity contribution is 7.47. The smallest absolute Gasteiger partial charge is 0.457 e. The molecule has 0 heterocycles. The Balaban J connectivity index is 3.97. The number of phosphoric ester groups is 1. The van der Waals surface area contributed by atoms with Crippen LogP contribution in [0.2, 0.25) is 0 Å². The van der Waals surface area contributed by atoms with Gasteiger partial charge in [0.2, 0.25) is 0 Å². The summed E-state index contributed by atoms with van der Waals surface area (Å²) in [5.74, 6) is -0.372. The summed E-state index contributed by atoms with van der Waals surface area (Å²) in [4.78, 5) is 22.7. The molecule has 0 saturated heterocycles. The molecule has 0 rings (SSSR count). The fourth-order valence-corrected chi connectivity index (χ4v) is 9.15. The third kappa shape index (κ3) is 50.7. The minimum Gasteiger partial charge on any atom is -0.457 e. The molecule has 3 unspecified atom stereocenters. The van der Waals surface area contributed by atoms with Crippen LogP contribution in [0.1, 0.15) is 290 Å². The monoisotopic (exact) mass is 919 g/mol. The van der Waals surface area contributed by atoms with E-state index < -0.39 is 33.2 Å². The highest BCUT2D eigenvalue weighted by atomic mass is 31.2. The lowest BCUT2D eigenvalue weighted by atomic mass is 10.0. The van der Waals surface area contributed by atoms with Crippen molar-refractivity contribution in [2.45, 2.75) is 302 Å². The molecular formula is C53H107O9P. The first-order chi connectivity index (χ1) is 30.8. The molecule has 0 aliphatic rings. The molecule has 0 aliphatic heterocycles. The SMILES string of the molecule is CCCCCCCCCCCCCCCCCCCCCCCOCC(COP(=O)(O)OCC(O)CO)OC(=O)CCCCCCCCCCCCCCCCCCCCCCC. The van der Waals surface area contributed by atoms with E-state index in [1.165, 1.54) is 238 Å². The van der Waals surface area contributed by atoms with Crippen LogP contribution in [0.25, 0.3) is 0 Å². The molecule has 63 heavy (non-hydrogen) atoms. The Labute approximate surface area is 390 Å². The van der Waals surface area contributed by atoms with E-state index in [0.717, 1.165) is 32.1 Å². The Hall–Kier alpha value is -0.540. The fraction of sp³-hybridized carbons (Fsp3) is 0.981. The van der Waals surface area contributed by atoms with Gasteiger partial charge in [0, 0.05) is 13.0 Å². The van der Waals surface area contributed by atoms with Crippen LogP contribution >= 0.6 is 7.82 Å². The molecule has 9 nitrogen and oxygen atoms in total. The summed E-state index contributed by atoms with van der Waals surface area (Å²) in [6.07, 6.45) is 53.6. The zero-order chi connectivity index (χ0) is 46.0. The Morgan fingerprint density at radius 1 is 0.429 bits per heavy atom. The van der Waals surface area contributed by atoms with Gasteiger partial charge in [-0.2, -0.15) is 0 Å². The number of rotatable bonds is 54. The van der Waals surface area contributed by atoms with Crippen molar-refractivity contribution in [1.82, 2.24) is 0 Å². The molecule has 0 amide bonds. The molecule has 3 N–H and O–H groups in total. The lowest BCUT2D eigenvalue weighted by molar-refractivity contribution is -0.154. The van der Waals surface area contributed by atoms with Crippen molar-refractivity contribution < 1.29 is 43.0 Å². The lowest BCUT2D eigenvalue weighted by Crippen LogP contribution is -2.29. The third-order valence-corrected chi connectivity index (χ3v) is 13.5. The number of hydrogen-bond acceptors (Lipinski definition) is 8. The second kappa shape index (κ2) is 50.9. The first-order valence-corrected chi connectivity index (χ1v) is 29.0. The number of hydrogen-bond donors (Lipinski definition) is 3. The van der Waals surface area contributed by atoms with E-state index in [-0.39, 0.29) is 25.6 Å². The van der Waals surface area contributed by atoms with E-state index in [4.69, 9.17) is 23.6 Å². The van der Waals surface area contributed by atoms with Crippen LogP contribution in [0.3, 0.4) is 0 Å². The molecule has 0 aromatic rings. The number of aliphatic hydroxyl groups is 2. The summed E-state index contributed by atoms with van der Waals surface area (Å²) in [6, 6.07) is 0. The largest absolute Gasteiger partial charge is 0.472 e. The van der Waals surface area contributed by atoms with E-state index in [9.17, 15) is 19.4 Å². The van der Waals surface area contributed by atoms with E-state index in [1.807, 2.05) is 0 Å². The van der Waals surface area contributed by atoms with Gasteiger partial charge in [-0.15, -0.1) is 0 Å². The quantitative estimate of drug-likeness (QED) is 0.0310. The number of carbonyl (C=O) groups excluding carboxylic acids is 1. The van der Waals surface area contributed by atoms with Crippen molar-refractivity contribution in [2.75, 3.05) is 33.0 Å². The standard InChI is InChI=1S/C53H107O9P/c1-3-5-7-9-11-13-15-17-19-21-23-25-27-29-31-33-35-37-39-41-43-45-53(56)62-52(50-61-63(57,58)60-48-51(55)47-54)49-59-46-44-42-40-38-36-34-32-30-28-26-24-22-20-18-16-14-12-10-8-6-4-2/h51-52,54-55H,3-50H2,1-2H3,(H,57,58). The third-order valence-electron chi connectivity index (χ3n) is 12.5. The number of unbranched alkanes of at least 4 members (excludes halogenated alkanes) is 40. The molecule has 0 saturated carbocycles. The normalized spacial score (nSPS) is 13.7. The Kier molecular flexibility index (Phi) is 50.4. The molecule has 3 atom stereocenters. The van der Waals surface area contributed by atoms with Gasteiger partial charge in [-0.05, 0) is 12.8 Å². The van der Waals surface area contributed by atoms with Crippen molar-refractivity contribution in [3.63, 3.8) is 0 Å². The molecule has 0 aliphatic carbocycles. The van der Waals surface area contributed by atoms with Gasteiger partial charge in [0.25, 0.3) is 0 Å². The zero-order valence-corrected chi connectivity index (χ0v) is 42.7. The maximum atomic E-state index is 12.7. The molecular weight excluding hydrogens is 812 g/mol. The first kappa shape index (κ1) is 62.5. The molecule has 0 radical (unpaired) electrons. The van der Waals surface area contributed by atoms with Gasteiger partial charge in [-0.1, -0.05) is 271 Å². The molecule has 0 bridgehead atoms. The fourth-order valence-electron chi connectivity index (χ4n) is 8.36. The molecule has 0 aromatic heterocycles. The average molecular weight is 919 g/mol. The summed E-state index contributed by atoms with van der Waals surface area (Å²) in [5.41, 5.74) is 0. The van der Waals surface area contributed by atoms with Crippen LogP contribution < -0.4 is 0 Å². The van der Waals surface area contributed by atoms with Gasteiger partial charge >= 0.3 is 13.8 Å². The lowest BCUT2D eigenvalue weighted by Gasteiger charge is -2.20. The molecule has 378 valence electrons. The Morgan fingerprint density at radius 3 is 1.03 bits per heavy atom. The van der Waals surface area contributed by atoms with E-state index in [1.54, 1.807) is 0 Å².